The molecule has 1 N–H and O–H groups in total. The topological polar surface area (TPSA) is 20.2 Å². The lowest BCUT2D eigenvalue weighted by atomic mass is 10.3. The largest absolute Gasteiger partial charge is 0.392 e. The molecule has 10 heavy (non-hydrogen) atoms. The van der Waals surface area contributed by atoms with E-state index in [1.807, 2.05) is 6.08 Å². The second-order valence-electron chi connectivity index (χ2n) is 2.15. The van der Waals surface area contributed by atoms with Gasteiger partial charge in [0.15, 0.2) is 0 Å². The Morgan fingerprint density at radius 1 is 1.10 bits per heavy atom. The van der Waals surface area contributed by atoms with Gasteiger partial charge < -0.3 is 5.11 Å². The first-order valence-electron chi connectivity index (χ1n) is 3.82. The van der Waals surface area contributed by atoms with Gasteiger partial charge in [0.25, 0.3) is 0 Å². The van der Waals surface area contributed by atoms with Gasteiger partial charge in [-0.1, -0.05) is 37.6 Å². The average molecular weight is 140 g/mol. The van der Waals surface area contributed by atoms with Crippen LogP contribution in [0, 0.1) is 0 Å². The van der Waals surface area contributed by atoms with E-state index in [0.29, 0.717) is 0 Å². The summed E-state index contributed by atoms with van der Waals surface area (Å²) in [4.78, 5) is 0. The Kier molecular flexibility index (Phi) is 7.97. The molecule has 1 heteroatoms. The van der Waals surface area contributed by atoms with Crippen LogP contribution in [0.3, 0.4) is 0 Å². The van der Waals surface area contributed by atoms with Crippen molar-refractivity contribution in [1.29, 1.82) is 0 Å². The molecule has 0 unspecified atom stereocenters. The molecule has 0 atom stereocenters. The molecule has 58 valence electrons. The normalized spacial score (nSPS) is 11.8. The lowest BCUT2D eigenvalue weighted by molar-refractivity contribution is 0.342. The number of hydrogen-bond acceptors (Lipinski definition) is 1. The van der Waals surface area contributed by atoms with Crippen LogP contribution in [0.15, 0.2) is 24.3 Å². The van der Waals surface area contributed by atoms with Crippen LogP contribution >= 0.6 is 0 Å². The minimum absolute atomic E-state index is 0.154. The van der Waals surface area contributed by atoms with Crippen molar-refractivity contribution in [2.45, 2.75) is 26.2 Å². The van der Waals surface area contributed by atoms with Crippen LogP contribution in [0.5, 0.6) is 0 Å². The molecule has 0 aromatic carbocycles. The van der Waals surface area contributed by atoms with Crippen molar-refractivity contribution >= 4 is 0 Å². The molecule has 0 aliphatic heterocycles. The van der Waals surface area contributed by atoms with Gasteiger partial charge in [-0.15, -0.1) is 0 Å². The molecule has 0 saturated carbocycles. The molecule has 0 saturated heterocycles. The quantitative estimate of drug-likeness (QED) is 0.581. The molecular weight excluding hydrogens is 124 g/mol. The lowest BCUT2D eigenvalue weighted by Crippen LogP contribution is -1.69. The monoisotopic (exact) mass is 140 g/mol. The van der Waals surface area contributed by atoms with E-state index in [0.717, 1.165) is 12.8 Å². The van der Waals surface area contributed by atoms with Gasteiger partial charge in [0, 0.05) is 0 Å². The van der Waals surface area contributed by atoms with Gasteiger partial charge in [-0.05, 0) is 12.8 Å². The summed E-state index contributed by atoms with van der Waals surface area (Å²) in [5.74, 6) is 0. The Labute approximate surface area is 63.1 Å². The number of aliphatic hydroxyl groups excluding tert-OH is 1. The smallest absolute Gasteiger partial charge is 0.0612 e. The molecule has 0 rings (SSSR count). The van der Waals surface area contributed by atoms with Crippen molar-refractivity contribution in [2.24, 2.45) is 0 Å². The Bertz CT molecular complexity index is 103. The van der Waals surface area contributed by atoms with Crippen molar-refractivity contribution in [2.75, 3.05) is 6.61 Å². The maximum Gasteiger partial charge on any atom is 0.0612 e. The van der Waals surface area contributed by atoms with Crippen LogP contribution < -0.4 is 0 Å². The van der Waals surface area contributed by atoms with E-state index in [2.05, 4.69) is 19.1 Å². The lowest BCUT2D eigenvalue weighted by Gasteiger charge is -1.83. The van der Waals surface area contributed by atoms with E-state index in [1.165, 1.54) is 6.42 Å². The first-order chi connectivity index (χ1) is 4.91. The highest BCUT2D eigenvalue weighted by Gasteiger charge is 1.72. The minimum atomic E-state index is 0.154. The average Bonchev–Trinajstić information content (AvgIpc) is 1.97. The second kappa shape index (κ2) is 8.44. The molecule has 0 bridgehead atoms. The predicted molar refractivity (Wildman–Crippen MR) is 44.9 cm³/mol. The number of hydrogen-bond donors (Lipinski definition) is 1. The molecule has 0 heterocycles. The summed E-state index contributed by atoms with van der Waals surface area (Å²) < 4.78 is 0. The highest BCUT2D eigenvalue weighted by atomic mass is 16.2. The van der Waals surface area contributed by atoms with Crippen molar-refractivity contribution in [3.63, 3.8) is 0 Å². The number of unbranched alkanes of at least 4 members (excludes halogenated alkanes) is 1. The molecule has 0 aliphatic rings. The van der Waals surface area contributed by atoms with Gasteiger partial charge in [-0.25, -0.2) is 0 Å². The summed E-state index contributed by atoms with van der Waals surface area (Å²) in [5, 5.41) is 8.36. The Hall–Kier alpha value is -0.560. The van der Waals surface area contributed by atoms with Crippen LogP contribution in [-0.4, -0.2) is 11.7 Å². The fourth-order valence-electron chi connectivity index (χ4n) is 0.630. The van der Waals surface area contributed by atoms with Crippen molar-refractivity contribution in [1.82, 2.24) is 0 Å². The highest BCUT2D eigenvalue weighted by molar-refractivity contribution is 4.92. The number of rotatable bonds is 5. The van der Waals surface area contributed by atoms with Crippen molar-refractivity contribution in [3.05, 3.63) is 24.3 Å². The molecule has 0 fully saturated rings. The maximum atomic E-state index is 8.36. The van der Waals surface area contributed by atoms with E-state index in [4.69, 9.17) is 5.11 Å². The van der Waals surface area contributed by atoms with Crippen LogP contribution in [0.25, 0.3) is 0 Å². The predicted octanol–water partition coefficient (Wildman–Crippen LogP) is 2.28. The fourth-order valence-corrected chi connectivity index (χ4v) is 0.630. The summed E-state index contributed by atoms with van der Waals surface area (Å²) in [6, 6.07) is 0. The molecule has 0 radical (unpaired) electrons. The number of allylic oxidation sites excluding steroid dienone is 3. The van der Waals surface area contributed by atoms with Crippen molar-refractivity contribution in [3.8, 4) is 0 Å². The maximum absolute atomic E-state index is 8.36. The molecular formula is C9H16O. The SMILES string of the molecule is CCCC=CC/C=C/CO. The Balaban J connectivity index is 3.09. The molecule has 0 aromatic rings. The van der Waals surface area contributed by atoms with Gasteiger partial charge in [-0.3, -0.25) is 0 Å². The highest BCUT2D eigenvalue weighted by Crippen LogP contribution is 1.91. The summed E-state index contributed by atoms with van der Waals surface area (Å²) in [6.45, 7) is 2.32. The third kappa shape index (κ3) is 7.44. The number of aliphatic hydroxyl groups is 1. The van der Waals surface area contributed by atoms with Crippen molar-refractivity contribution < 1.29 is 5.11 Å². The molecule has 0 aliphatic carbocycles. The van der Waals surface area contributed by atoms with E-state index in [-0.39, 0.29) is 6.61 Å². The van der Waals surface area contributed by atoms with Crippen LogP contribution in [-0.2, 0) is 0 Å². The van der Waals surface area contributed by atoms with Gasteiger partial charge in [-0.2, -0.15) is 0 Å². The molecule has 1 nitrogen and oxygen atoms in total. The third-order valence-electron chi connectivity index (χ3n) is 1.17. The zero-order valence-electron chi connectivity index (χ0n) is 6.59. The van der Waals surface area contributed by atoms with Gasteiger partial charge in [0.2, 0.25) is 0 Å². The van der Waals surface area contributed by atoms with E-state index in [9.17, 15) is 0 Å². The third-order valence-corrected chi connectivity index (χ3v) is 1.17. The van der Waals surface area contributed by atoms with Gasteiger partial charge in [0.05, 0.1) is 6.61 Å². The summed E-state index contributed by atoms with van der Waals surface area (Å²) in [7, 11) is 0. The first kappa shape index (κ1) is 9.44. The zero-order chi connectivity index (χ0) is 7.66. The van der Waals surface area contributed by atoms with Gasteiger partial charge >= 0.3 is 0 Å². The first-order valence-corrected chi connectivity index (χ1v) is 3.82. The Morgan fingerprint density at radius 3 is 2.40 bits per heavy atom. The van der Waals surface area contributed by atoms with E-state index < -0.39 is 0 Å². The molecule has 0 amide bonds. The van der Waals surface area contributed by atoms with Gasteiger partial charge in [0.1, 0.15) is 0 Å². The zero-order valence-corrected chi connectivity index (χ0v) is 6.59. The van der Waals surface area contributed by atoms with Crippen LogP contribution in [0.2, 0.25) is 0 Å². The van der Waals surface area contributed by atoms with E-state index in [1.54, 1.807) is 6.08 Å². The minimum Gasteiger partial charge on any atom is -0.392 e. The molecule has 0 spiro atoms. The summed E-state index contributed by atoms with van der Waals surface area (Å²) in [5.41, 5.74) is 0. The standard InChI is InChI=1S/C9H16O/c1-2-3-4-5-6-7-8-9-10/h4-5,7-8,10H,2-3,6,9H2,1H3/b5-4?,8-7+. The van der Waals surface area contributed by atoms with E-state index >= 15 is 0 Å². The van der Waals surface area contributed by atoms with Crippen LogP contribution in [0.4, 0.5) is 0 Å². The summed E-state index contributed by atoms with van der Waals surface area (Å²) >= 11 is 0. The Morgan fingerprint density at radius 2 is 1.80 bits per heavy atom. The summed E-state index contributed by atoms with van der Waals surface area (Å²) in [6.07, 6.45) is 11.3. The molecule has 0 aromatic heterocycles. The van der Waals surface area contributed by atoms with Crippen LogP contribution in [0.1, 0.15) is 26.2 Å². The fraction of sp³-hybridized carbons (Fsp3) is 0.556. The second-order valence-corrected chi connectivity index (χ2v) is 2.15.